The maximum atomic E-state index is 13.0. The first-order chi connectivity index (χ1) is 31.5. The molecule has 0 aliphatic heterocycles. The van der Waals surface area contributed by atoms with Gasteiger partial charge in [-0.15, -0.1) is 0 Å². The minimum absolute atomic E-state index is 0.00115. The molecule has 0 amide bonds. The Labute approximate surface area is 391 Å². The first kappa shape index (κ1) is 61.2. The Morgan fingerprint density at radius 3 is 1.56 bits per heavy atom. The molecule has 1 saturated carbocycles. The minimum atomic E-state index is -5.38. The topological polar surface area (TPSA) is 276 Å². The molecule has 0 bridgehead atoms. The van der Waals surface area contributed by atoms with Crippen molar-refractivity contribution in [2.45, 2.75) is 185 Å². The van der Waals surface area contributed by atoms with E-state index in [1.54, 1.807) is 0 Å². The average molecular weight is 977 g/mol. The maximum absolute atomic E-state index is 13.0. The number of rotatable bonds is 37. The van der Waals surface area contributed by atoms with Crippen molar-refractivity contribution in [1.82, 2.24) is 0 Å². The second-order valence-electron chi connectivity index (χ2n) is 15.9. The van der Waals surface area contributed by atoms with Crippen LogP contribution in [0.15, 0.2) is 85.1 Å². The number of ether oxygens (including phenoxy) is 2. The molecule has 0 aromatic heterocycles. The number of hydrogen-bond acceptors (Lipinski definition) is 14. The predicted octanol–water partition coefficient (Wildman–Crippen LogP) is 7.58. The highest BCUT2D eigenvalue weighted by molar-refractivity contribution is 7.47. The summed E-state index contributed by atoms with van der Waals surface area (Å²) in [5.41, 5.74) is 0. The number of carbonyl (C=O) groups is 2. The SMILES string of the molecule is CC/C=C\C/C=C\C/C=C\CCCCCCCC(=O)O[C@H](COC(=O)CCC/C=C\C/C=C\C/C=C\C/C=C\CC[C@@H](O)CC)COP(=O)(O)O[C@H]1C(O)C(O)C(O)[C@@H](OP(=O)(O)O)C1O. The number of phosphoric acid groups is 2. The van der Waals surface area contributed by atoms with E-state index in [2.05, 4.69) is 78.3 Å². The van der Waals surface area contributed by atoms with Crippen LogP contribution >= 0.6 is 15.6 Å². The molecule has 0 aromatic rings. The van der Waals surface area contributed by atoms with E-state index in [-0.39, 0.29) is 18.9 Å². The number of carbonyl (C=O) groups excluding carboxylic acids is 2. The van der Waals surface area contributed by atoms with Crippen LogP contribution in [-0.4, -0.2) is 114 Å². The molecule has 1 aliphatic rings. The van der Waals surface area contributed by atoms with Crippen molar-refractivity contribution in [3.8, 4) is 0 Å². The zero-order valence-electron chi connectivity index (χ0n) is 38.7. The van der Waals surface area contributed by atoms with Crippen molar-refractivity contribution in [2.24, 2.45) is 0 Å². The highest BCUT2D eigenvalue weighted by atomic mass is 31.2. The van der Waals surface area contributed by atoms with Crippen LogP contribution in [0.2, 0.25) is 0 Å². The molecule has 0 heterocycles. The van der Waals surface area contributed by atoms with E-state index >= 15 is 0 Å². The van der Waals surface area contributed by atoms with Crippen molar-refractivity contribution < 1.29 is 82.0 Å². The van der Waals surface area contributed by atoms with Gasteiger partial charge in [0.1, 0.15) is 43.2 Å². The normalized spacial score (nSPS) is 22.8. The smallest absolute Gasteiger partial charge is 0.462 e. The standard InChI is InChI=1S/C47H78O17P2/c1-3-5-6-7-8-9-10-11-12-17-20-23-26-29-32-35-41(50)62-39(37-61-66(58,59)64-47-44(53)42(51)43(52)46(45(47)54)63-65(55,56)57)36-60-40(49)34-31-28-25-22-19-16-14-13-15-18-21-24-27-30-33-38(48)4-2/h5-6,8-9,11-12,14-16,18,22,24-25,27,38-39,42-48,51-54H,3-4,7,10,13,17,19-21,23,26,28-37H2,1-2H3,(H,58,59)(H2,55,56,57)/b6-5-,9-8-,12-11-,16-14-,18-15-,25-22-,27-24-/t38-,39+,42?,43?,44?,45?,46+,47-/m0/s1. The van der Waals surface area contributed by atoms with Crippen molar-refractivity contribution >= 4 is 27.6 Å². The summed E-state index contributed by atoms with van der Waals surface area (Å²) in [5.74, 6) is -1.32. The summed E-state index contributed by atoms with van der Waals surface area (Å²) in [7, 11) is -10.7. The molecule has 5 unspecified atom stereocenters. The van der Waals surface area contributed by atoms with Crippen LogP contribution in [0.25, 0.3) is 0 Å². The van der Waals surface area contributed by atoms with Gasteiger partial charge in [0.25, 0.3) is 0 Å². The predicted molar refractivity (Wildman–Crippen MR) is 251 cm³/mol. The van der Waals surface area contributed by atoms with Gasteiger partial charge in [-0.25, -0.2) is 9.13 Å². The van der Waals surface area contributed by atoms with Crippen molar-refractivity contribution in [1.29, 1.82) is 0 Å². The number of aliphatic hydroxyl groups is 5. The van der Waals surface area contributed by atoms with Gasteiger partial charge in [0.05, 0.1) is 12.7 Å². The Balaban J connectivity index is 2.66. The zero-order valence-corrected chi connectivity index (χ0v) is 40.5. The third kappa shape index (κ3) is 31.2. The molecular formula is C47H78O17P2. The van der Waals surface area contributed by atoms with Crippen LogP contribution in [0.3, 0.4) is 0 Å². The molecule has 0 radical (unpaired) electrons. The number of allylic oxidation sites excluding steroid dienone is 14. The fourth-order valence-electron chi connectivity index (χ4n) is 6.36. The van der Waals surface area contributed by atoms with Crippen LogP contribution in [0.1, 0.15) is 136 Å². The molecule has 1 fully saturated rings. The summed E-state index contributed by atoms with van der Waals surface area (Å²) < 4.78 is 49.2. The van der Waals surface area contributed by atoms with E-state index in [0.717, 1.165) is 89.9 Å². The van der Waals surface area contributed by atoms with Gasteiger partial charge in [-0.2, -0.15) is 0 Å². The van der Waals surface area contributed by atoms with E-state index < -0.39 is 83.5 Å². The third-order valence-electron chi connectivity index (χ3n) is 10.1. The lowest BCUT2D eigenvalue weighted by molar-refractivity contribution is -0.216. The Morgan fingerprint density at radius 2 is 1.02 bits per heavy atom. The summed E-state index contributed by atoms with van der Waals surface area (Å²) in [6.45, 7) is 2.64. The van der Waals surface area contributed by atoms with Gasteiger partial charge in [-0.1, -0.05) is 118 Å². The quantitative estimate of drug-likeness (QED) is 0.0129. The maximum Gasteiger partial charge on any atom is 0.472 e. The summed E-state index contributed by atoms with van der Waals surface area (Å²) in [5, 5.41) is 50.8. The molecule has 19 heteroatoms. The molecule has 17 nitrogen and oxygen atoms in total. The largest absolute Gasteiger partial charge is 0.472 e. The lowest BCUT2D eigenvalue weighted by atomic mass is 9.85. The van der Waals surface area contributed by atoms with Crippen molar-refractivity contribution in [3.63, 3.8) is 0 Å². The van der Waals surface area contributed by atoms with Gasteiger partial charge in [-0.3, -0.25) is 23.2 Å². The third-order valence-corrected chi connectivity index (χ3v) is 11.6. The molecule has 9 atom stereocenters. The number of aliphatic hydroxyl groups excluding tert-OH is 5. The van der Waals surface area contributed by atoms with Crippen LogP contribution < -0.4 is 0 Å². The van der Waals surface area contributed by atoms with Gasteiger partial charge in [0, 0.05) is 12.8 Å². The second-order valence-corrected chi connectivity index (χ2v) is 18.5. The highest BCUT2D eigenvalue weighted by Gasteiger charge is 2.54. The van der Waals surface area contributed by atoms with Gasteiger partial charge in [-0.05, 0) is 89.9 Å². The van der Waals surface area contributed by atoms with E-state index in [9.17, 15) is 49.1 Å². The lowest BCUT2D eigenvalue weighted by Gasteiger charge is -2.43. The Hall–Kier alpha value is -2.86. The van der Waals surface area contributed by atoms with Gasteiger partial charge in [0.2, 0.25) is 0 Å². The van der Waals surface area contributed by atoms with Gasteiger partial charge >= 0.3 is 27.6 Å². The second kappa shape index (κ2) is 37.1. The summed E-state index contributed by atoms with van der Waals surface area (Å²) in [6, 6.07) is 0. The zero-order chi connectivity index (χ0) is 49.1. The molecule has 66 heavy (non-hydrogen) atoms. The number of hydrogen-bond donors (Lipinski definition) is 8. The number of unbranched alkanes of at least 4 members (excludes halogenated alkanes) is 6. The lowest BCUT2D eigenvalue weighted by Crippen LogP contribution is -2.64. The molecule has 0 spiro atoms. The van der Waals surface area contributed by atoms with Crippen molar-refractivity contribution in [2.75, 3.05) is 13.2 Å². The highest BCUT2D eigenvalue weighted by Crippen LogP contribution is 2.49. The fraction of sp³-hybridized carbons (Fsp3) is 0.660. The monoisotopic (exact) mass is 976 g/mol. The van der Waals surface area contributed by atoms with Crippen molar-refractivity contribution in [3.05, 3.63) is 85.1 Å². The van der Waals surface area contributed by atoms with E-state index in [4.69, 9.17) is 28.3 Å². The first-order valence-corrected chi connectivity index (χ1v) is 26.2. The molecule has 1 aliphatic carbocycles. The first-order valence-electron chi connectivity index (χ1n) is 23.2. The van der Waals surface area contributed by atoms with Crippen LogP contribution in [0, 0.1) is 0 Å². The summed E-state index contributed by atoms with van der Waals surface area (Å²) in [6.07, 6.45) is 27.8. The Bertz CT molecular complexity index is 1620. The molecule has 8 N–H and O–H groups in total. The van der Waals surface area contributed by atoms with E-state index in [1.807, 2.05) is 25.2 Å². The molecule has 1 rings (SSSR count). The fourth-order valence-corrected chi connectivity index (χ4v) is 7.90. The van der Waals surface area contributed by atoms with Crippen LogP contribution in [-0.2, 0) is 41.8 Å². The molecule has 0 saturated heterocycles. The van der Waals surface area contributed by atoms with E-state index in [0.29, 0.717) is 19.3 Å². The van der Waals surface area contributed by atoms with Gasteiger partial charge < -0.3 is 49.7 Å². The molecule has 378 valence electrons. The van der Waals surface area contributed by atoms with Crippen LogP contribution in [0.4, 0.5) is 0 Å². The average Bonchev–Trinajstić information content (AvgIpc) is 3.27. The Morgan fingerprint density at radius 1 is 0.545 bits per heavy atom. The summed E-state index contributed by atoms with van der Waals surface area (Å²) >= 11 is 0. The molecular weight excluding hydrogens is 898 g/mol. The van der Waals surface area contributed by atoms with Crippen LogP contribution in [0.5, 0.6) is 0 Å². The van der Waals surface area contributed by atoms with E-state index in [1.165, 1.54) is 0 Å². The summed E-state index contributed by atoms with van der Waals surface area (Å²) in [4.78, 5) is 54.2. The number of esters is 2. The number of phosphoric ester groups is 2. The van der Waals surface area contributed by atoms with Gasteiger partial charge in [0.15, 0.2) is 6.10 Å². The Kier molecular flexibility index (Phi) is 34.4. The minimum Gasteiger partial charge on any atom is -0.462 e. The molecule has 0 aromatic carbocycles.